The molecule has 172 valence electrons. The van der Waals surface area contributed by atoms with Gasteiger partial charge in [0.05, 0.1) is 0 Å². The number of nitrogens with one attached hydrogen (secondary N) is 1. The summed E-state index contributed by atoms with van der Waals surface area (Å²) in [6.45, 7) is 2.62. The number of hydrogen-bond acceptors (Lipinski definition) is 3. The largest absolute Gasteiger partial charge is 0.484 e. The van der Waals surface area contributed by atoms with Gasteiger partial charge in [0.25, 0.3) is 5.91 Å². The van der Waals surface area contributed by atoms with Crippen LogP contribution in [0.15, 0.2) is 84.9 Å². The first-order chi connectivity index (χ1) is 16.1. The third kappa shape index (κ3) is 7.65. The lowest BCUT2D eigenvalue weighted by Gasteiger charge is -2.31. The summed E-state index contributed by atoms with van der Waals surface area (Å²) in [5.74, 6) is 0.144. The molecule has 0 aromatic heterocycles. The average molecular weight is 465 g/mol. The SMILES string of the molecule is CCCNC(=O)C(Cc1ccccc1)N(Cc1cccc(Cl)c1)C(=O)COc1ccccc1. The van der Waals surface area contributed by atoms with Crippen molar-refractivity contribution in [2.45, 2.75) is 32.4 Å². The Kier molecular flexibility index (Phi) is 9.33. The van der Waals surface area contributed by atoms with Gasteiger partial charge in [-0.3, -0.25) is 9.59 Å². The first-order valence-electron chi connectivity index (χ1n) is 11.1. The maximum absolute atomic E-state index is 13.4. The molecule has 0 aliphatic carbocycles. The van der Waals surface area contributed by atoms with Crippen LogP contribution in [-0.4, -0.2) is 35.9 Å². The Morgan fingerprint density at radius 3 is 2.27 bits per heavy atom. The van der Waals surface area contributed by atoms with Crippen LogP contribution in [0.2, 0.25) is 5.02 Å². The zero-order valence-corrected chi connectivity index (χ0v) is 19.5. The van der Waals surface area contributed by atoms with Crippen LogP contribution in [0.1, 0.15) is 24.5 Å². The second kappa shape index (κ2) is 12.7. The summed E-state index contributed by atoms with van der Waals surface area (Å²) < 4.78 is 5.72. The number of carbonyl (C=O) groups excluding carboxylic acids is 2. The third-order valence-electron chi connectivity index (χ3n) is 5.17. The number of rotatable bonds is 11. The summed E-state index contributed by atoms with van der Waals surface area (Å²) in [5.41, 5.74) is 1.82. The van der Waals surface area contributed by atoms with Crippen LogP contribution in [0.5, 0.6) is 5.75 Å². The molecule has 0 heterocycles. The lowest BCUT2D eigenvalue weighted by molar-refractivity contribution is -0.142. The fourth-order valence-corrected chi connectivity index (χ4v) is 3.71. The zero-order valence-electron chi connectivity index (χ0n) is 18.7. The lowest BCUT2D eigenvalue weighted by Crippen LogP contribution is -2.51. The highest BCUT2D eigenvalue weighted by molar-refractivity contribution is 6.30. The van der Waals surface area contributed by atoms with Gasteiger partial charge in [-0.25, -0.2) is 0 Å². The maximum Gasteiger partial charge on any atom is 0.261 e. The number of halogens is 1. The molecule has 0 spiro atoms. The molecule has 0 aliphatic rings. The number of benzene rings is 3. The molecule has 2 amide bonds. The minimum absolute atomic E-state index is 0.170. The van der Waals surface area contributed by atoms with Crippen LogP contribution < -0.4 is 10.1 Å². The smallest absolute Gasteiger partial charge is 0.261 e. The highest BCUT2D eigenvalue weighted by Gasteiger charge is 2.30. The molecule has 0 saturated heterocycles. The predicted octanol–water partition coefficient (Wildman–Crippen LogP) is 4.89. The summed E-state index contributed by atoms with van der Waals surface area (Å²) >= 11 is 6.18. The van der Waals surface area contributed by atoms with E-state index < -0.39 is 6.04 Å². The fourth-order valence-electron chi connectivity index (χ4n) is 3.50. The number of nitrogens with zero attached hydrogens (tertiary/aromatic N) is 1. The van der Waals surface area contributed by atoms with Crippen molar-refractivity contribution in [3.8, 4) is 5.75 Å². The van der Waals surface area contributed by atoms with E-state index in [0.29, 0.717) is 23.7 Å². The summed E-state index contributed by atoms with van der Waals surface area (Å²) in [6, 6.07) is 25.5. The van der Waals surface area contributed by atoms with Crippen LogP contribution in [0.3, 0.4) is 0 Å². The predicted molar refractivity (Wildman–Crippen MR) is 131 cm³/mol. The van der Waals surface area contributed by atoms with Gasteiger partial charge in [0.1, 0.15) is 11.8 Å². The quantitative estimate of drug-likeness (QED) is 0.439. The minimum atomic E-state index is -0.690. The lowest BCUT2D eigenvalue weighted by atomic mass is 10.0. The number of amides is 2. The Bertz CT molecular complexity index is 1030. The van der Waals surface area contributed by atoms with E-state index in [4.69, 9.17) is 16.3 Å². The number of para-hydroxylation sites is 1. The molecule has 1 atom stereocenters. The summed E-state index contributed by atoms with van der Waals surface area (Å²) in [5, 5.41) is 3.54. The van der Waals surface area contributed by atoms with Gasteiger partial charge < -0.3 is 15.0 Å². The van der Waals surface area contributed by atoms with Gasteiger partial charge in [-0.15, -0.1) is 0 Å². The molecular weight excluding hydrogens is 436 g/mol. The summed E-state index contributed by atoms with van der Waals surface area (Å²) in [4.78, 5) is 28.2. The molecule has 3 rings (SSSR count). The second-order valence-electron chi connectivity index (χ2n) is 7.75. The second-order valence-corrected chi connectivity index (χ2v) is 8.19. The average Bonchev–Trinajstić information content (AvgIpc) is 2.84. The number of carbonyl (C=O) groups is 2. The topological polar surface area (TPSA) is 58.6 Å². The molecule has 33 heavy (non-hydrogen) atoms. The molecule has 3 aromatic carbocycles. The Morgan fingerprint density at radius 2 is 1.61 bits per heavy atom. The van der Waals surface area contributed by atoms with Crippen LogP contribution in [-0.2, 0) is 22.6 Å². The third-order valence-corrected chi connectivity index (χ3v) is 5.40. The van der Waals surface area contributed by atoms with E-state index in [1.54, 1.807) is 23.1 Å². The van der Waals surface area contributed by atoms with Crippen molar-refractivity contribution >= 4 is 23.4 Å². The van der Waals surface area contributed by atoms with Gasteiger partial charge in [0.2, 0.25) is 5.91 Å². The highest BCUT2D eigenvalue weighted by atomic mass is 35.5. The molecular formula is C27H29ClN2O3. The van der Waals surface area contributed by atoms with E-state index in [9.17, 15) is 9.59 Å². The first-order valence-corrected chi connectivity index (χ1v) is 11.5. The molecule has 0 saturated carbocycles. The van der Waals surface area contributed by atoms with Crippen LogP contribution in [0.4, 0.5) is 0 Å². The van der Waals surface area contributed by atoms with Crippen molar-refractivity contribution in [2.75, 3.05) is 13.2 Å². The van der Waals surface area contributed by atoms with Crippen LogP contribution in [0.25, 0.3) is 0 Å². The Balaban J connectivity index is 1.88. The molecule has 3 aromatic rings. The van der Waals surface area contributed by atoms with Crippen molar-refractivity contribution in [3.05, 3.63) is 101 Å². The van der Waals surface area contributed by atoms with Gasteiger partial charge in [-0.2, -0.15) is 0 Å². The Morgan fingerprint density at radius 1 is 0.939 bits per heavy atom. The standard InChI is InChI=1S/C27H29ClN2O3/c1-2-16-29-27(32)25(18-21-10-5-3-6-11-21)30(19-22-12-9-13-23(28)17-22)26(31)20-33-24-14-7-4-8-15-24/h3-15,17,25H,2,16,18-20H2,1H3,(H,29,32). The highest BCUT2D eigenvalue weighted by Crippen LogP contribution is 2.18. The van der Waals surface area contributed by atoms with Crippen LogP contribution >= 0.6 is 11.6 Å². The summed E-state index contributed by atoms with van der Waals surface area (Å²) in [6.07, 6.45) is 1.21. The molecule has 5 nitrogen and oxygen atoms in total. The van der Waals surface area contributed by atoms with Crippen molar-refractivity contribution in [1.29, 1.82) is 0 Å². The van der Waals surface area contributed by atoms with Crippen molar-refractivity contribution in [2.24, 2.45) is 0 Å². The molecule has 0 fully saturated rings. The fraction of sp³-hybridized carbons (Fsp3) is 0.259. The molecule has 1 N–H and O–H groups in total. The van der Waals surface area contributed by atoms with Gasteiger partial charge in [0.15, 0.2) is 6.61 Å². The molecule has 0 aliphatic heterocycles. The van der Waals surface area contributed by atoms with E-state index in [2.05, 4.69) is 5.32 Å². The van der Waals surface area contributed by atoms with E-state index in [0.717, 1.165) is 17.5 Å². The van der Waals surface area contributed by atoms with E-state index in [1.807, 2.05) is 73.7 Å². The molecule has 0 bridgehead atoms. The molecule has 1 unspecified atom stereocenters. The van der Waals surface area contributed by atoms with Crippen molar-refractivity contribution in [1.82, 2.24) is 10.2 Å². The van der Waals surface area contributed by atoms with Gasteiger partial charge in [-0.1, -0.05) is 79.2 Å². The van der Waals surface area contributed by atoms with Crippen molar-refractivity contribution in [3.63, 3.8) is 0 Å². The normalized spacial score (nSPS) is 11.5. The first kappa shape index (κ1) is 24.3. The van der Waals surface area contributed by atoms with E-state index >= 15 is 0 Å². The van der Waals surface area contributed by atoms with E-state index in [-0.39, 0.29) is 25.0 Å². The minimum Gasteiger partial charge on any atom is -0.484 e. The summed E-state index contributed by atoms with van der Waals surface area (Å²) in [7, 11) is 0. The monoisotopic (exact) mass is 464 g/mol. The molecule has 6 heteroatoms. The van der Waals surface area contributed by atoms with Gasteiger partial charge in [0, 0.05) is 24.5 Å². The Labute approximate surface area is 200 Å². The van der Waals surface area contributed by atoms with E-state index in [1.165, 1.54) is 0 Å². The number of ether oxygens (including phenoxy) is 1. The Hall–Kier alpha value is -3.31. The number of hydrogen-bond donors (Lipinski definition) is 1. The van der Waals surface area contributed by atoms with Crippen LogP contribution in [0, 0.1) is 0 Å². The van der Waals surface area contributed by atoms with Gasteiger partial charge in [-0.05, 0) is 41.8 Å². The maximum atomic E-state index is 13.4. The van der Waals surface area contributed by atoms with Crippen molar-refractivity contribution < 1.29 is 14.3 Å². The van der Waals surface area contributed by atoms with Gasteiger partial charge >= 0.3 is 0 Å². The zero-order chi connectivity index (χ0) is 23.5. The molecule has 0 radical (unpaired) electrons.